The molecule has 1 heterocycles. The second-order valence-corrected chi connectivity index (χ2v) is 6.94. The predicted octanol–water partition coefficient (Wildman–Crippen LogP) is 5.20. The van der Waals surface area contributed by atoms with Crippen LogP contribution < -0.4 is 5.32 Å². The van der Waals surface area contributed by atoms with E-state index >= 15 is 0 Å². The molecule has 0 aliphatic rings. The summed E-state index contributed by atoms with van der Waals surface area (Å²) in [6.45, 7) is 2.16. The molecule has 0 aliphatic heterocycles. The molecule has 1 aromatic heterocycles. The first-order valence-corrected chi connectivity index (χ1v) is 8.24. The van der Waals surface area contributed by atoms with Crippen molar-refractivity contribution in [2.45, 2.75) is 13.5 Å². The quantitative estimate of drug-likeness (QED) is 0.483. The third-order valence-corrected chi connectivity index (χ3v) is 4.59. The molecule has 0 bridgehead atoms. The van der Waals surface area contributed by atoms with Gasteiger partial charge in [0.05, 0.1) is 22.8 Å². The highest BCUT2D eigenvalue weighted by atomic mass is 79.9. The normalized spacial score (nSPS) is 10.5. The van der Waals surface area contributed by atoms with Crippen molar-refractivity contribution in [1.82, 2.24) is 4.98 Å². The molecule has 0 saturated heterocycles. The lowest BCUT2D eigenvalue weighted by molar-refractivity contribution is -0.385. The van der Waals surface area contributed by atoms with Crippen molar-refractivity contribution in [2.24, 2.45) is 0 Å². The third kappa shape index (κ3) is 4.02. The minimum absolute atomic E-state index is 0.0866. The predicted molar refractivity (Wildman–Crippen MR) is 92.5 cm³/mol. The SMILES string of the molecule is Cc1cc(Br)c(NCc2ncc(Br)cc2Br)cc1[N+](=O)[O-]. The lowest BCUT2D eigenvalue weighted by atomic mass is 10.2. The van der Waals surface area contributed by atoms with Crippen molar-refractivity contribution >= 4 is 59.2 Å². The van der Waals surface area contributed by atoms with Gasteiger partial charge in [-0.25, -0.2) is 0 Å². The van der Waals surface area contributed by atoms with Gasteiger partial charge in [0.25, 0.3) is 5.69 Å². The van der Waals surface area contributed by atoms with E-state index in [1.807, 2.05) is 6.07 Å². The van der Waals surface area contributed by atoms with Gasteiger partial charge in [-0.15, -0.1) is 0 Å². The van der Waals surface area contributed by atoms with Crippen LogP contribution in [0.5, 0.6) is 0 Å². The number of hydrogen-bond donors (Lipinski definition) is 1. The van der Waals surface area contributed by atoms with Gasteiger partial charge in [0.15, 0.2) is 0 Å². The van der Waals surface area contributed by atoms with E-state index in [4.69, 9.17) is 0 Å². The highest BCUT2D eigenvalue weighted by Gasteiger charge is 2.14. The van der Waals surface area contributed by atoms with Gasteiger partial charge in [-0.1, -0.05) is 0 Å². The van der Waals surface area contributed by atoms with Crippen LogP contribution in [0.4, 0.5) is 11.4 Å². The lowest BCUT2D eigenvalue weighted by Crippen LogP contribution is -2.04. The standard InChI is InChI=1S/C13H10Br3N3O2/c1-7-2-9(15)11(4-13(7)19(20)21)18-6-12-10(16)3-8(14)5-17-12/h2-5,18H,6H2,1H3. The molecule has 0 amide bonds. The van der Waals surface area contributed by atoms with Crippen LogP contribution in [0.15, 0.2) is 37.8 Å². The van der Waals surface area contributed by atoms with Crippen molar-refractivity contribution in [1.29, 1.82) is 0 Å². The molecule has 0 aliphatic carbocycles. The van der Waals surface area contributed by atoms with Crippen LogP contribution in [-0.4, -0.2) is 9.91 Å². The van der Waals surface area contributed by atoms with Gasteiger partial charge in [-0.05, 0) is 66.8 Å². The van der Waals surface area contributed by atoms with Gasteiger partial charge in [0.1, 0.15) is 0 Å². The fraction of sp³-hybridized carbons (Fsp3) is 0.154. The summed E-state index contributed by atoms with van der Waals surface area (Å²) in [6.07, 6.45) is 1.70. The number of aromatic nitrogens is 1. The third-order valence-electron chi connectivity index (χ3n) is 2.81. The van der Waals surface area contributed by atoms with E-state index in [0.717, 1.165) is 19.1 Å². The number of nitrogens with one attached hydrogen (secondary N) is 1. The number of halogens is 3. The molecule has 2 aromatic rings. The number of nitro benzene ring substituents is 1. The summed E-state index contributed by atoms with van der Waals surface area (Å²) in [5, 5.41) is 14.1. The molecule has 2 rings (SSSR count). The number of benzene rings is 1. The molecular formula is C13H10Br3N3O2. The zero-order valence-corrected chi connectivity index (χ0v) is 15.6. The maximum Gasteiger partial charge on any atom is 0.274 e. The summed E-state index contributed by atoms with van der Waals surface area (Å²) in [5.41, 5.74) is 2.17. The average molecular weight is 480 g/mol. The highest BCUT2D eigenvalue weighted by Crippen LogP contribution is 2.31. The number of rotatable bonds is 4. The Morgan fingerprint density at radius 2 is 1.95 bits per heavy atom. The largest absolute Gasteiger partial charge is 0.378 e. The Hall–Kier alpha value is -0.990. The zero-order valence-electron chi connectivity index (χ0n) is 10.9. The van der Waals surface area contributed by atoms with Crippen LogP contribution >= 0.6 is 47.8 Å². The van der Waals surface area contributed by atoms with E-state index in [2.05, 4.69) is 58.1 Å². The minimum atomic E-state index is -0.388. The zero-order chi connectivity index (χ0) is 15.6. The molecule has 5 nitrogen and oxygen atoms in total. The van der Waals surface area contributed by atoms with E-state index < -0.39 is 0 Å². The van der Waals surface area contributed by atoms with Crippen LogP contribution in [0.1, 0.15) is 11.3 Å². The highest BCUT2D eigenvalue weighted by molar-refractivity contribution is 9.11. The average Bonchev–Trinajstić information content (AvgIpc) is 2.39. The number of hydrogen-bond acceptors (Lipinski definition) is 4. The Labute approximate surface area is 146 Å². The van der Waals surface area contributed by atoms with Crippen molar-refractivity contribution in [3.8, 4) is 0 Å². The summed E-state index contributed by atoms with van der Waals surface area (Å²) in [7, 11) is 0. The molecule has 21 heavy (non-hydrogen) atoms. The topological polar surface area (TPSA) is 68.1 Å². The Balaban J connectivity index is 2.23. The van der Waals surface area contributed by atoms with Crippen LogP contribution in [0.3, 0.4) is 0 Å². The van der Waals surface area contributed by atoms with Crippen LogP contribution in [0, 0.1) is 17.0 Å². The van der Waals surface area contributed by atoms with Gasteiger partial charge in [0.2, 0.25) is 0 Å². The fourth-order valence-electron chi connectivity index (χ4n) is 1.75. The summed E-state index contributed by atoms with van der Waals surface area (Å²) in [5.74, 6) is 0. The summed E-state index contributed by atoms with van der Waals surface area (Å²) in [6, 6.07) is 5.15. The summed E-state index contributed by atoms with van der Waals surface area (Å²) >= 11 is 10.2. The monoisotopic (exact) mass is 477 g/mol. The first-order chi connectivity index (χ1) is 9.88. The van der Waals surface area contributed by atoms with Crippen molar-refractivity contribution < 1.29 is 4.92 Å². The number of pyridine rings is 1. The second kappa shape index (κ2) is 6.85. The van der Waals surface area contributed by atoms with E-state index in [0.29, 0.717) is 17.8 Å². The van der Waals surface area contributed by atoms with Gasteiger partial charge >= 0.3 is 0 Å². The van der Waals surface area contributed by atoms with Gasteiger partial charge < -0.3 is 5.32 Å². The number of aryl methyl sites for hydroxylation is 1. The van der Waals surface area contributed by atoms with Crippen LogP contribution in [0.25, 0.3) is 0 Å². The molecule has 0 unspecified atom stereocenters. The molecule has 0 radical (unpaired) electrons. The van der Waals surface area contributed by atoms with Gasteiger partial charge in [-0.3, -0.25) is 15.1 Å². The molecule has 0 fully saturated rings. The maximum absolute atomic E-state index is 11.0. The maximum atomic E-state index is 11.0. The fourth-order valence-corrected chi connectivity index (χ4v) is 3.47. The first-order valence-electron chi connectivity index (χ1n) is 5.87. The lowest BCUT2D eigenvalue weighted by Gasteiger charge is -2.10. The van der Waals surface area contributed by atoms with E-state index in [-0.39, 0.29) is 10.6 Å². The smallest absolute Gasteiger partial charge is 0.274 e. The Morgan fingerprint density at radius 1 is 1.24 bits per heavy atom. The number of nitrogens with zero attached hydrogens (tertiary/aromatic N) is 2. The first kappa shape index (κ1) is 16.4. The second-order valence-electron chi connectivity index (χ2n) is 4.31. The Kier molecular flexibility index (Phi) is 5.34. The van der Waals surface area contributed by atoms with E-state index in [1.165, 1.54) is 6.07 Å². The van der Waals surface area contributed by atoms with Gasteiger partial charge in [0, 0.05) is 31.2 Å². The molecule has 1 N–H and O–H groups in total. The van der Waals surface area contributed by atoms with Crippen LogP contribution in [-0.2, 0) is 6.54 Å². The van der Waals surface area contributed by atoms with E-state index in [1.54, 1.807) is 19.2 Å². The van der Waals surface area contributed by atoms with Crippen molar-refractivity contribution in [3.05, 3.63) is 59.2 Å². The Bertz CT molecular complexity index is 707. The Morgan fingerprint density at radius 3 is 2.57 bits per heavy atom. The van der Waals surface area contributed by atoms with Crippen molar-refractivity contribution in [3.63, 3.8) is 0 Å². The molecule has 0 atom stereocenters. The number of nitro groups is 1. The minimum Gasteiger partial charge on any atom is -0.378 e. The molecule has 110 valence electrons. The van der Waals surface area contributed by atoms with E-state index in [9.17, 15) is 10.1 Å². The molecular weight excluding hydrogens is 470 g/mol. The molecule has 8 heteroatoms. The van der Waals surface area contributed by atoms with Gasteiger partial charge in [-0.2, -0.15) is 0 Å². The van der Waals surface area contributed by atoms with Crippen molar-refractivity contribution in [2.75, 3.05) is 5.32 Å². The molecule has 0 saturated carbocycles. The molecule has 1 aromatic carbocycles. The number of anilines is 1. The molecule has 0 spiro atoms. The van der Waals surface area contributed by atoms with Crippen LogP contribution in [0.2, 0.25) is 0 Å². The summed E-state index contributed by atoms with van der Waals surface area (Å²) < 4.78 is 2.52. The summed E-state index contributed by atoms with van der Waals surface area (Å²) in [4.78, 5) is 14.9.